The van der Waals surface area contributed by atoms with Crippen LogP contribution in [-0.4, -0.2) is 4.98 Å². The number of ether oxygens (including phenoxy) is 1. The Kier molecular flexibility index (Phi) is 2.96. The monoisotopic (exact) mass is 279 g/mol. The highest BCUT2D eigenvalue weighted by Gasteiger charge is 2.02. The van der Waals surface area contributed by atoms with Gasteiger partial charge in [0.25, 0.3) is 0 Å². The van der Waals surface area contributed by atoms with Gasteiger partial charge < -0.3 is 16.2 Å². The van der Waals surface area contributed by atoms with Crippen LogP contribution in [0.2, 0.25) is 0 Å². The summed E-state index contributed by atoms with van der Waals surface area (Å²) in [4.78, 5) is 4.01. The van der Waals surface area contributed by atoms with Crippen molar-refractivity contribution in [2.75, 3.05) is 11.5 Å². The molecule has 82 valence electrons. The van der Waals surface area contributed by atoms with Crippen molar-refractivity contribution in [1.82, 2.24) is 4.98 Å². The van der Waals surface area contributed by atoms with Crippen LogP contribution in [0.1, 0.15) is 0 Å². The van der Waals surface area contributed by atoms with Crippen molar-refractivity contribution in [3.05, 3.63) is 40.9 Å². The van der Waals surface area contributed by atoms with E-state index in [0.29, 0.717) is 17.3 Å². The first-order valence-corrected chi connectivity index (χ1v) is 5.40. The molecule has 0 fully saturated rings. The Hall–Kier alpha value is -1.75. The van der Waals surface area contributed by atoms with Crippen LogP contribution in [-0.2, 0) is 0 Å². The van der Waals surface area contributed by atoms with Gasteiger partial charge in [0.1, 0.15) is 5.75 Å². The molecule has 2 aromatic rings. The second kappa shape index (κ2) is 4.40. The fourth-order valence-corrected chi connectivity index (χ4v) is 1.55. The van der Waals surface area contributed by atoms with Crippen LogP contribution >= 0.6 is 15.9 Å². The maximum atomic E-state index is 5.58. The minimum Gasteiger partial charge on any atom is -0.439 e. The summed E-state index contributed by atoms with van der Waals surface area (Å²) in [5, 5.41) is 0. The summed E-state index contributed by atoms with van der Waals surface area (Å²) in [5.74, 6) is 1.38. The average Bonchev–Trinajstić information content (AvgIpc) is 2.24. The van der Waals surface area contributed by atoms with Crippen LogP contribution in [0.4, 0.5) is 11.5 Å². The Morgan fingerprint density at radius 3 is 2.62 bits per heavy atom. The number of rotatable bonds is 2. The second-order valence-corrected chi connectivity index (χ2v) is 4.10. The zero-order valence-corrected chi connectivity index (χ0v) is 9.94. The topological polar surface area (TPSA) is 74.2 Å². The van der Waals surface area contributed by atoms with Crippen LogP contribution in [0.3, 0.4) is 0 Å². The Labute approximate surface area is 101 Å². The van der Waals surface area contributed by atoms with E-state index in [1.807, 2.05) is 24.3 Å². The number of hydrogen-bond acceptors (Lipinski definition) is 4. The molecule has 0 aliphatic carbocycles. The number of hydrogen-bond donors (Lipinski definition) is 2. The van der Waals surface area contributed by atoms with Gasteiger partial charge in [-0.2, -0.15) is 4.98 Å². The summed E-state index contributed by atoms with van der Waals surface area (Å²) in [5.41, 5.74) is 11.6. The number of aromatic nitrogens is 1. The molecule has 0 radical (unpaired) electrons. The summed E-state index contributed by atoms with van der Waals surface area (Å²) in [6.07, 6.45) is 0. The van der Waals surface area contributed by atoms with Gasteiger partial charge in [0.2, 0.25) is 5.88 Å². The first kappa shape index (κ1) is 10.8. The van der Waals surface area contributed by atoms with E-state index in [1.165, 1.54) is 0 Å². The maximum Gasteiger partial charge on any atom is 0.221 e. The highest BCUT2D eigenvalue weighted by molar-refractivity contribution is 9.10. The van der Waals surface area contributed by atoms with Crippen molar-refractivity contribution in [3.8, 4) is 11.6 Å². The normalized spacial score (nSPS) is 10.1. The third-order valence-electron chi connectivity index (χ3n) is 1.95. The molecule has 0 saturated heterocycles. The number of nitrogens with zero attached hydrogens (tertiary/aromatic N) is 1. The van der Waals surface area contributed by atoms with E-state index in [4.69, 9.17) is 16.2 Å². The summed E-state index contributed by atoms with van der Waals surface area (Å²) in [6.45, 7) is 0. The summed E-state index contributed by atoms with van der Waals surface area (Å²) in [7, 11) is 0. The largest absolute Gasteiger partial charge is 0.439 e. The smallest absolute Gasteiger partial charge is 0.221 e. The van der Waals surface area contributed by atoms with E-state index >= 15 is 0 Å². The van der Waals surface area contributed by atoms with Crippen LogP contribution in [0, 0.1) is 0 Å². The number of nitrogens with two attached hydrogens (primary N) is 2. The number of pyridine rings is 1. The first-order chi connectivity index (χ1) is 7.65. The van der Waals surface area contributed by atoms with Gasteiger partial charge in [-0.05, 0) is 24.3 Å². The summed E-state index contributed by atoms with van der Waals surface area (Å²) >= 11 is 3.36. The molecule has 16 heavy (non-hydrogen) atoms. The Morgan fingerprint density at radius 1 is 1.12 bits per heavy atom. The van der Waals surface area contributed by atoms with Gasteiger partial charge in [-0.3, -0.25) is 0 Å². The highest BCUT2D eigenvalue weighted by atomic mass is 79.9. The van der Waals surface area contributed by atoms with Crippen molar-refractivity contribution in [2.24, 2.45) is 0 Å². The van der Waals surface area contributed by atoms with Gasteiger partial charge in [0.15, 0.2) is 5.82 Å². The summed E-state index contributed by atoms with van der Waals surface area (Å²) < 4.78 is 6.46. The number of benzene rings is 1. The predicted octanol–water partition coefficient (Wildman–Crippen LogP) is 2.80. The predicted molar refractivity (Wildman–Crippen MR) is 67.3 cm³/mol. The second-order valence-electron chi connectivity index (χ2n) is 3.18. The minimum absolute atomic E-state index is 0.271. The molecule has 0 aliphatic heterocycles. The molecule has 0 unspecified atom stereocenters. The van der Waals surface area contributed by atoms with Crippen LogP contribution in [0.25, 0.3) is 0 Å². The minimum atomic E-state index is 0.271. The molecule has 0 bridgehead atoms. The molecule has 0 saturated carbocycles. The van der Waals surface area contributed by atoms with Crippen molar-refractivity contribution in [3.63, 3.8) is 0 Å². The molecule has 1 aromatic heterocycles. The van der Waals surface area contributed by atoms with Crippen molar-refractivity contribution >= 4 is 27.4 Å². The molecule has 1 heterocycles. The molecule has 0 atom stereocenters. The van der Waals surface area contributed by atoms with E-state index < -0.39 is 0 Å². The van der Waals surface area contributed by atoms with Crippen molar-refractivity contribution < 1.29 is 4.74 Å². The quantitative estimate of drug-likeness (QED) is 0.887. The SMILES string of the molecule is Nc1ccc(Oc2cccc(Br)c2)nc1N. The Morgan fingerprint density at radius 2 is 1.94 bits per heavy atom. The van der Waals surface area contributed by atoms with E-state index in [1.54, 1.807) is 12.1 Å². The van der Waals surface area contributed by atoms with Gasteiger partial charge in [0, 0.05) is 10.5 Å². The van der Waals surface area contributed by atoms with Gasteiger partial charge in [-0.1, -0.05) is 22.0 Å². The third kappa shape index (κ3) is 2.43. The molecule has 4 nitrogen and oxygen atoms in total. The highest BCUT2D eigenvalue weighted by Crippen LogP contribution is 2.24. The fraction of sp³-hybridized carbons (Fsp3) is 0. The van der Waals surface area contributed by atoms with Crippen LogP contribution in [0.15, 0.2) is 40.9 Å². The maximum absolute atomic E-state index is 5.58. The summed E-state index contributed by atoms with van der Waals surface area (Å²) in [6, 6.07) is 10.8. The van der Waals surface area contributed by atoms with Crippen LogP contribution in [0.5, 0.6) is 11.6 Å². The Balaban J connectivity index is 2.24. The zero-order chi connectivity index (χ0) is 11.5. The molecule has 5 heteroatoms. The van der Waals surface area contributed by atoms with E-state index in [2.05, 4.69) is 20.9 Å². The lowest BCUT2D eigenvalue weighted by Crippen LogP contribution is -1.98. The molecule has 0 aliphatic rings. The first-order valence-electron chi connectivity index (χ1n) is 4.60. The molecule has 4 N–H and O–H groups in total. The standard InChI is InChI=1S/C11H10BrN3O/c12-7-2-1-3-8(6-7)16-10-5-4-9(13)11(14)15-10/h1-6H,13H2,(H2,14,15). The zero-order valence-electron chi connectivity index (χ0n) is 8.35. The van der Waals surface area contributed by atoms with E-state index in [9.17, 15) is 0 Å². The van der Waals surface area contributed by atoms with Gasteiger partial charge in [-0.15, -0.1) is 0 Å². The molecule has 1 aromatic carbocycles. The lowest BCUT2D eigenvalue weighted by molar-refractivity contribution is 0.464. The molecule has 0 spiro atoms. The molecular weight excluding hydrogens is 270 g/mol. The molecular formula is C11H10BrN3O. The third-order valence-corrected chi connectivity index (χ3v) is 2.44. The van der Waals surface area contributed by atoms with Gasteiger partial charge in [0.05, 0.1) is 5.69 Å². The lowest BCUT2D eigenvalue weighted by Gasteiger charge is -2.06. The molecule has 0 amide bonds. The van der Waals surface area contributed by atoms with Crippen LogP contribution < -0.4 is 16.2 Å². The Bertz CT molecular complexity index is 516. The van der Waals surface area contributed by atoms with E-state index in [0.717, 1.165) is 4.47 Å². The van der Waals surface area contributed by atoms with Crippen molar-refractivity contribution in [2.45, 2.75) is 0 Å². The molecule has 2 rings (SSSR count). The number of nitrogen functional groups attached to an aromatic ring is 2. The fourth-order valence-electron chi connectivity index (χ4n) is 1.18. The van der Waals surface area contributed by atoms with Gasteiger partial charge in [-0.25, -0.2) is 0 Å². The van der Waals surface area contributed by atoms with Crippen molar-refractivity contribution in [1.29, 1.82) is 0 Å². The van der Waals surface area contributed by atoms with E-state index in [-0.39, 0.29) is 5.82 Å². The average molecular weight is 280 g/mol. The van der Waals surface area contributed by atoms with Gasteiger partial charge >= 0.3 is 0 Å². The number of halogens is 1. The number of anilines is 2. The lowest BCUT2D eigenvalue weighted by atomic mass is 10.3.